The van der Waals surface area contributed by atoms with E-state index in [-0.39, 0.29) is 6.03 Å². The van der Waals surface area contributed by atoms with Crippen LogP contribution in [0.3, 0.4) is 0 Å². The molecule has 0 saturated heterocycles. The number of hydrogen-bond donors (Lipinski definition) is 2. The monoisotopic (exact) mass is 352 g/mol. The maximum atomic E-state index is 12.1. The molecule has 2 N–H and O–H groups in total. The van der Waals surface area contributed by atoms with Crippen molar-refractivity contribution in [2.24, 2.45) is 0 Å². The van der Waals surface area contributed by atoms with Gasteiger partial charge in [0.15, 0.2) is 0 Å². The van der Waals surface area contributed by atoms with E-state index in [0.717, 1.165) is 34.0 Å². The van der Waals surface area contributed by atoms with Gasteiger partial charge in [0.2, 0.25) is 0 Å². The van der Waals surface area contributed by atoms with Gasteiger partial charge in [0.1, 0.15) is 11.0 Å². The first kappa shape index (κ1) is 14.8. The summed E-state index contributed by atoms with van der Waals surface area (Å²) >= 11 is 2.85. The highest BCUT2D eigenvalue weighted by molar-refractivity contribution is 7.13. The van der Waals surface area contributed by atoms with Gasteiger partial charge in [-0.25, -0.2) is 4.79 Å². The van der Waals surface area contributed by atoms with Crippen LogP contribution in [0.15, 0.2) is 60.0 Å². The topological polar surface area (TPSA) is 66.9 Å². The number of anilines is 2. The van der Waals surface area contributed by atoms with Gasteiger partial charge in [-0.3, -0.25) is 0 Å². The summed E-state index contributed by atoms with van der Waals surface area (Å²) in [5.41, 5.74) is 4.16. The predicted octanol–water partition coefficient (Wildman–Crippen LogP) is 5.06. The first-order valence-electron chi connectivity index (χ1n) is 7.22. The first-order chi connectivity index (χ1) is 11.8. The van der Waals surface area contributed by atoms with Gasteiger partial charge >= 0.3 is 6.03 Å². The molecule has 0 unspecified atom stereocenters. The highest BCUT2D eigenvalue weighted by Crippen LogP contribution is 2.25. The maximum Gasteiger partial charge on any atom is 0.323 e. The largest absolute Gasteiger partial charge is 0.323 e. The standard InChI is InChI=1S/C17H12N4OS2/c22-17(19-13-7-8-14-15(10-13)21-24-20-14)18-12-5-3-11(4-6-12)16-2-1-9-23-16/h1-10H,(H2,18,19,22). The fourth-order valence-corrected chi connectivity index (χ4v) is 3.56. The Balaban J connectivity index is 1.43. The van der Waals surface area contributed by atoms with Gasteiger partial charge < -0.3 is 10.6 Å². The molecule has 5 nitrogen and oxygen atoms in total. The number of amides is 2. The zero-order chi connectivity index (χ0) is 16.4. The van der Waals surface area contributed by atoms with Gasteiger partial charge in [-0.05, 0) is 47.3 Å². The lowest BCUT2D eigenvalue weighted by Gasteiger charge is -2.08. The maximum absolute atomic E-state index is 12.1. The fraction of sp³-hybridized carbons (Fsp3) is 0. The fourth-order valence-electron chi connectivity index (χ4n) is 2.31. The van der Waals surface area contributed by atoms with Crippen LogP contribution in [0.25, 0.3) is 21.5 Å². The molecule has 7 heteroatoms. The van der Waals surface area contributed by atoms with E-state index in [1.807, 2.05) is 47.8 Å². The van der Waals surface area contributed by atoms with E-state index in [1.54, 1.807) is 17.4 Å². The third-order valence-electron chi connectivity index (χ3n) is 3.46. The number of aromatic nitrogens is 2. The Bertz CT molecular complexity index is 977. The van der Waals surface area contributed by atoms with E-state index >= 15 is 0 Å². The summed E-state index contributed by atoms with van der Waals surface area (Å²) in [7, 11) is 0. The molecule has 0 bridgehead atoms. The Kier molecular flexibility index (Phi) is 3.94. The number of carbonyl (C=O) groups is 1. The molecule has 4 aromatic rings. The molecule has 24 heavy (non-hydrogen) atoms. The second kappa shape index (κ2) is 6.38. The predicted molar refractivity (Wildman–Crippen MR) is 99.8 cm³/mol. The zero-order valence-electron chi connectivity index (χ0n) is 12.4. The molecule has 0 spiro atoms. The van der Waals surface area contributed by atoms with Crippen molar-refractivity contribution in [2.45, 2.75) is 0 Å². The van der Waals surface area contributed by atoms with Gasteiger partial charge in [-0.2, -0.15) is 8.75 Å². The Morgan fingerprint density at radius 2 is 1.62 bits per heavy atom. The number of thiophene rings is 1. The SMILES string of the molecule is O=C(Nc1ccc(-c2cccs2)cc1)Nc1ccc2nsnc2c1. The molecule has 0 aliphatic carbocycles. The minimum Gasteiger partial charge on any atom is -0.308 e. The average molecular weight is 352 g/mol. The quantitative estimate of drug-likeness (QED) is 0.541. The molecule has 0 aliphatic rings. The van der Waals surface area contributed by atoms with Crippen LogP contribution in [0.2, 0.25) is 0 Å². The summed E-state index contributed by atoms with van der Waals surface area (Å²) in [5, 5.41) is 7.67. The van der Waals surface area contributed by atoms with E-state index in [0.29, 0.717) is 5.69 Å². The minimum atomic E-state index is -0.290. The molecule has 0 saturated carbocycles. The molecular formula is C17H12N4OS2. The highest BCUT2D eigenvalue weighted by atomic mass is 32.1. The summed E-state index contributed by atoms with van der Waals surface area (Å²) < 4.78 is 8.30. The third-order valence-corrected chi connectivity index (χ3v) is 4.94. The summed E-state index contributed by atoms with van der Waals surface area (Å²) in [6.07, 6.45) is 0. The van der Waals surface area contributed by atoms with Gasteiger partial charge in [-0.15, -0.1) is 11.3 Å². The van der Waals surface area contributed by atoms with Crippen molar-refractivity contribution in [3.63, 3.8) is 0 Å². The molecule has 2 heterocycles. The summed E-state index contributed by atoms with van der Waals surface area (Å²) in [4.78, 5) is 13.3. The smallest absolute Gasteiger partial charge is 0.308 e. The van der Waals surface area contributed by atoms with Crippen molar-refractivity contribution in [3.8, 4) is 10.4 Å². The number of rotatable bonds is 3. The molecule has 118 valence electrons. The van der Waals surface area contributed by atoms with Crippen LogP contribution in [-0.4, -0.2) is 14.8 Å². The van der Waals surface area contributed by atoms with Crippen molar-refractivity contribution in [1.82, 2.24) is 8.75 Å². The van der Waals surface area contributed by atoms with Crippen molar-refractivity contribution >= 4 is 51.5 Å². The van der Waals surface area contributed by atoms with Crippen LogP contribution in [-0.2, 0) is 0 Å². The average Bonchev–Trinajstić information content (AvgIpc) is 3.26. The summed E-state index contributed by atoms with van der Waals surface area (Å²) in [5.74, 6) is 0. The molecule has 0 atom stereocenters. The Hall–Kier alpha value is -2.77. The zero-order valence-corrected chi connectivity index (χ0v) is 14.0. The lowest BCUT2D eigenvalue weighted by Crippen LogP contribution is -2.19. The minimum absolute atomic E-state index is 0.290. The molecule has 2 amide bonds. The van der Waals surface area contributed by atoms with Gasteiger partial charge in [0, 0.05) is 16.3 Å². The molecule has 0 radical (unpaired) electrons. The molecule has 2 aromatic carbocycles. The Morgan fingerprint density at radius 1 is 0.875 bits per heavy atom. The van der Waals surface area contributed by atoms with Crippen LogP contribution >= 0.6 is 23.1 Å². The molecule has 0 aliphatic heterocycles. The van der Waals surface area contributed by atoms with Crippen LogP contribution < -0.4 is 10.6 Å². The molecule has 4 rings (SSSR count). The second-order valence-electron chi connectivity index (χ2n) is 5.10. The normalized spacial score (nSPS) is 10.7. The lowest BCUT2D eigenvalue weighted by molar-refractivity contribution is 0.262. The van der Waals surface area contributed by atoms with Gasteiger partial charge in [-0.1, -0.05) is 18.2 Å². The van der Waals surface area contributed by atoms with Crippen molar-refractivity contribution in [2.75, 3.05) is 10.6 Å². The van der Waals surface area contributed by atoms with Crippen LogP contribution in [0.1, 0.15) is 0 Å². The van der Waals surface area contributed by atoms with Crippen LogP contribution in [0.4, 0.5) is 16.2 Å². The van der Waals surface area contributed by atoms with E-state index < -0.39 is 0 Å². The second-order valence-corrected chi connectivity index (χ2v) is 6.58. The van der Waals surface area contributed by atoms with Crippen LogP contribution in [0, 0.1) is 0 Å². The van der Waals surface area contributed by atoms with Crippen molar-refractivity contribution < 1.29 is 4.79 Å². The molecular weight excluding hydrogens is 340 g/mol. The molecule has 2 aromatic heterocycles. The summed E-state index contributed by atoms with van der Waals surface area (Å²) in [6, 6.07) is 17.0. The van der Waals surface area contributed by atoms with Gasteiger partial charge in [0.25, 0.3) is 0 Å². The van der Waals surface area contributed by atoms with E-state index in [4.69, 9.17) is 0 Å². The van der Waals surface area contributed by atoms with Crippen LogP contribution in [0.5, 0.6) is 0 Å². The van der Waals surface area contributed by atoms with Gasteiger partial charge in [0.05, 0.1) is 11.7 Å². The highest BCUT2D eigenvalue weighted by Gasteiger charge is 2.06. The number of nitrogens with zero attached hydrogens (tertiary/aromatic N) is 2. The number of benzene rings is 2. The lowest BCUT2D eigenvalue weighted by atomic mass is 10.2. The van der Waals surface area contributed by atoms with E-state index in [9.17, 15) is 4.79 Å². The van der Waals surface area contributed by atoms with E-state index in [1.165, 1.54) is 4.88 Å². The number of fused-ring (bicyclic) bond motifs is 1. The third kappa shape index (κ3) is 3.12. The van der Waals surface area contributed by atoms with E-state index in [2.05, 4.69) is 25.4 Å². The van der Waals surface area contributed by atoms with Crippen molar-refractivity contribution in [1.29, 1.82) is 0 Å². The Morgan fingerprint density at radius 3 is 2.42 bits per heavy atom. The first-order valence-corrected chi connectivity index (χ1v) is 8.83. The number of hydrogen-bond acceptors (Lipinski definition) is 5. The number of nitrogens with one attached hydrogen (secondary N) is 2. The Labute approximate surface area is 146 Å². The number of carbonyl (C=O) groups excluding carboxylic acids is 1. The van der Waals surface area contributed by atoms with Crippen molar-refractivity contribution in [3.05, 3.63) is 60.0 Å². The molecule has 0 fully saturated rings. The summed E-state index contributed by atoms with van der Waals surface area (Å²) in [6.45, 7) is 0. The number of urea groups is 1.